The zero-order valence-electron chi connectivity index (χ0n) is 18.6. The molecular weight excluding hydrogens is 495 g/mol. The van der Waals surface area contributed by atoms with Gasteiger partial charge in [0.25, 0.3) is 0 Å². The molecule has 0 atom stereocenters. The molecule has 0 spiro atoms. The van der Waals surface area contributed by atoms with Crippen molar-refractivity contribution < 1.29 is 19.4 Å². The van der Waals surface area contributed by atoms with Crippen LogP contribution in [0, 0.1) is 5.92 Å². The van der Waals surface area contributed by atoms with E-state index < -0.39 is 5.97 Å². The van der Waals surface area contributed by atoms with Crippen molar-refractivity contribution in [2.75, 3.05) is 44.3 Å². The van der Waals surface area contributed by atoms with E-state index in [1.165, 1.54) is 6.08 Å². The molecule has 2 saturated heterocycles. The second-order valence-corrected chi connectivity index (χ2v) is 10.1. The van der Waals surface area contributed by atoms with Crippen molar-refractivity contribution in [2.45, 2.75) is 22.6 Å². The Kier molecular flexibility index (Phi) is 8.42. The summed E-state index contributed by atoms with van der Waals surface area (Å²) in [6, 6.07) is 12.1. The average molecular weight is 521 g/mol. The van der Waals surface area contributed by atoms with Gasteiger partial charge in [0.2, 0.25) is 5.91 Å². The molecule has 34 heavy (non-hydrogen) atoms. The van der Waals surface area contributed by atoms with E-state index in [1.807, 2.05) is 24.3 Å². The summed E-state index contributed by atoms with van der Waals surface area (Å²) in [5, 5.41) is 9.95. The minimum Gasteiger partial charge on any atom is -0.481 e. The fraction of sp³-hybridized carbons (Fsp3) is 0.360. The van der Waals surface area contributed by atoms with Crippen LogP contribution in [0.5, 0.6) is 0 Å². The first-order valence-electron chi connectivity index (χ1n) is 11.2. The van der Waals surface area contributed by atoms with Gasteiger partial charge >= 0.3 is 5.97 Å². The Hall–Kier alpha value is -2.19. The van der Waals surface area contributed by atoms with Crippen molar-refractivity contribution in [2.24, 2.45) is 5.92 Å². The molecule has 2 heterocycles. The Morgan fingerprint density at radius 2 is 1.76 bits per heavy atom. The van der Waals surface area contributed by atoms with E-state index in [1.54, 1.807) is 22.7 Å². The van der Waals surface area contributed by atoms with Gasteiger partial charge in [-0.15, -0.1) is 0 Å². The fourth-order valence-corrected chi connectivity index (χ4v) is 5.54. The van der Waals surface area contributed by atoms with E-state index in [9.17, 15) is 9.59 Å². The van der Waals surface area contributed by atoms with Crippen LogP contribution in [-0.2, 0) is 14.3 Å². The summed E-state index contributed by atoms with van der Waals surface area (Å²) in [6.45, 7) is 4.09. The molecule has 4 rings (SSSR count). The molecule has 180 valence electrons. The van der Waals surface area contributed by atoms with Crippen molar-refractivity contribution in [1.29, 1.82) is 0 Å². The standard InChI is InChI=1S/C25H26Cl2N2O4S/c26-23-17(5-7-22(30)29-10-8-18(9-11-29)25(31)32)4-6-21(24(23)27)34-20-3-1-2-19(16-20)28-12-14-33-15-13-28/h1-7,16,18H,8-15H2,(H,31,32). The molecule has 0 saturated carbocycles. The number of morpholine rings is 1. The van der Waals surface area contributed by atoms with Crippen LogP contribution in [0.2, 0.25) is 10.0 Å². The second-order valence-electron chi connectivity index (χ2n) is 8.25. The van der Waals surface area contributed by atoms with Crippen LogP contribution in [-0.4, -0.2) is 61.3 Å². The summed E-state index contributed by atoms with van der Waals surface area (Å²) in [6.07, 6.45) is 4.07. The van der Waals surface area contributed by atoms with Gasteiger partial charge in [-0.25, -0.2) is 0 Å². The second kappa shape index (κ2) is 11.5. The highest BCUT2D eigenvalue weighted by Crippen LogP contribution is 2.40. The molecule has 2 aliphatic rings. The molecule has 2 aliphatic heterocycles. The van der Waals surface area contributed by atoms with Gasteiger partial charge in [0.05, 0.1) is 29.2 Å². The molecule has 2 fully saturated rings. The van der Waals surface area contributed by atoms with Gasteiger partial charge in [-0.2, -0.15) is 0 Å². The lowest BCUT2D eigenvalue weighted by molar-refractivity contribution is -0.144. The largest absolute Gasteiger partial charge is 0.481 e. The number of carboxylic acid groups (broad SMARTS) is 1. The number of ether oxygens (including phenoxy) is 1. The third-order valence-corrected chi connectivity index (χ3v) is 8.12. The number of aliphatic carboxylic acids is 1. The van der Waals surface area contributed by atoms with Crippen LogP contribution in [0.25, 0.3) is 6.08 Å². The quantitative estimate of drug-likeness (QED) is 0.520. The SMILES string of the molecule is O=C(O)C1CCN(C(=O)C=Cc2ccc(Sc3cccc(N4CCOCC4)c3)c(Cl)c2Cl)CC1. The smallest absolute Gasteiger partial charge is 0.306 e. The number of anilines is 1. The van der Waals surface area contributed by atoms with E-state index in [0.29, 0.717) is 41.5 Å². The maximum atomic E-state index is 12.5. The predicted molar refractivity (Wildman–Crippen MR) is 136 cm³/mol. The minimum atomic E-state index is -0.796. The van der Waals surface area contributed by atoms with Gasteiger partial charge in [-0.1, -0.05) is 47.1 Å². The number of hydrogen-bond donors (Lipinski definition) is 1. The Bertz CT molecular complexity index is 1080. The van der Waals surface area contributed by atoms with Crippen LogP contribution in [0.3, 0.4) is 0 Å². The van der Waals surface area contributed by atoms with Crippen LogP contribution in [0.15, 0.2) is 52.3 Å². The molecule has 0 aliphatic carbocycles. The summed E-state index contributed by atoms with van der Waals surface area (Å²) in [4.78, 5) is 29.5. The van der Waals surface area contributed by atoms with Gasteiger partial charge in [0.1, 0.15) is 0 Å². The van der Waals surface area contributed by atoms with Gasteiger partial charge < -0.3 is 19.6 Å². The topological polar surface area (TPSA) is 70.1 Å². The predicted octanol–water partition coefficient (Wildman–Crippen LogP) is 5.32. The highest BCUT2D eigenvalue weighted by atomic mass is 35.5. The molecule has 2 aromatic carbocycles. The minimum absolute atomic E-state index is 0.158. The number of benzene rings is 2. The third-order valence-electron chi connectivity index (χ3n) is 6.06. The lowest BCUT2D eigenvalue weighted by Crippen LogP contribution is -2.39. The zero-order valence-corrected chi connectivity index (χ0v) is 20.9. The highest BCUT2D eigenvalue weighted by Gasteiger charge is 2.26. The number of rotatable bonds is 6. The first kappa shape index (κ1) is 24.9. The molecule has 0 bridgehead atoms. The van der Waals surface area contributed by atoms with E-state index in [0.717, 1.165) is 41.8 Å². The number of likely N-dealkylation sites (tertiary alicyclic amines) is 1. The molecule has 9 heteroatoms. The lowest BCUT2D eigenvalue weighted by atomic mass is 9.97. The normalized spacial score (nSPS) is 17.4. The number of carboxylic acids is 1. The molecule has 0 aromatic heterocycles. The Morgan fingerprint density at radius 3 is 2.47 bits per heavy atom. The molecule has 0 unspecified atom stereocenters. The van der Waals surface area contributed by atoms with Gasteiger partial charge in [0.15, 0.2) is 0 Å². The van der Waals surface area contributed by atoms with Gasteiger partial charge in [0, 0.05) is 47.7 Å². The van der Waals surface area contributed by atoms with E-state index in [4.69, 9.17) is 33.0 Å². The number of hydrogen-bond acceptors (Lipinski definition) is 5. The number of amides is 1. The summed E-state index contributed by atoms with van der Waals surface area (Å²) >= 11 is 14.7. The molecular formula is C25H26Cl2N2O4S. The van der Waals surface area contributed by atoms with E-state index in [2.05, 4.69) is 17.0 Å². The maximum absolute atomic E-state index is 12.5. The van der Waals surface area contributed by atoms with Crippen LogP contribution in [0.1, 0.15) is 18.4 Å². The summed E-state index contributed by atoms with van der Waals surface area (Å²) in [5.74, 6) is -1.33. The van der Waals surface area contributed by atoms with Crippen molar-refractivity contribution in [1.82, 2.24) is 4.90 Å². The number of nitrogens with zero attached hydrogens (tertiary/aromatic N) is 2. The van der Waals surface area contributed by atoms with Crippen LogP contribution >= 0.6 is 35.0 Å². The van der Waals surface area contributed by atoms with Crippen LogP contribution in [0.4, 0.5) is 5.69 Å². The molecule has 6 nitrogen and oxygen atoms in total. The highest BCUT2D eigenvalue weighted by molar-refractivity contribution is 7.99. The van der Waals surface area contributed by atoms with E-state index in [-0.39, 0.29) is 11.8 Å². The number of halogens is 2. The number of piperidine rings is 1. The summed E-state index contributed by atoms with van der Waals surface area (Å²) in [7, 11) is 0. The summed E-state index contributed by atoms with van der Waals surface area (Å²) < 4.78 is 5.44. The van der Waals surface area contributed by atoms with E-state index >= 15 is 0 Å². The monoisotopic (exact) mass is 520 g/mol. The van der Waals surface area contributed by atoms with Crippen molar-refractivity contribution >= 4 is 58.6 Å². The zero-order chi connectivity index (χ0) is 24.1. The van der Waals surface area contributed by atoms with Crippen molar-refractivity contribution in [3.8, 4) is 0 Å². The van der Waals surface area contributed by atoms with Crippen LogP contribution < -0.4 is 4.90 Å². The van der Waals surface area contributed by atoms with Crippen molar-refractivity contribution in [3.63, 3.8) is 0 Å². The fourth-order valence-electron chi connectivity index (χ4n) is 4.06. The average Bonchev–Trinajstić information content (AvgIpc) is 2.87. The number of carbonyl (C=O) groups is 2. The Labute approximate surface area is 213 Å². The molecule has 0 radical (unpaired) electrons. The number of carbonyl (C=O) groups excluding carboxylic acids is 1. The maximum Gasteiger partial charge on any atom is 0.306 e. The Morgan fingerprint density at radius 1 is 1.03 bits per heavy atom. The first-order chi connectivity index (χ1) is 16.4. The Balaban J connectivity index is 1.41. The summed E-state index contributed by atoms with van der Waals surface area (Å²) in [5.41, 5.74) is 1.81. The molecule has 1 N–H and O–H groups in total. The van der Waals surface area contributed by atoms with Gasteiger partial charge in [-0.05, 0) is 48.7 Å². The lowest BCUT2D eigenvalue weighted by Gasteiger charge is -2.29. The first-order valence-corrected chi connectivity index (χ1v) is 12.8. The molecule has 1 amide bonds. The third kappa shape index (κ3) is 6.08. The van der Waals surface area contributed by atoms with Gasteiger partial charge in [-0.3, -0.25) is 9.59 Å². The van der Waals surface area contributed by atoms with Crippen molar-refractivity contribution in [3.05, 3.63) is 58.1 Å². The molecule has 2 aromatic rings.